The molecule has 19 heavy (non-hydrogen) atoms. The molecule has 0 aliphatic carbocycles. The molecular formula is C12H16N4O3. The molecule has 102 valence electrons. The van der Waals surface area contributed by atoms with E-state index in [0.717, 1.165) is 6.42 Å². The molecule has 0 saturated carbocycles. The van der Waals surface area contributed by atoms with E-state index in [0.29, 0.717) is 12.4 Å². The summed E-state index contributed by atoms with van der Waals surface area (Å²) in [6, 6.07) is 2.59. The van der Waals surface area contributed by atoms with Crippen LogP contribution in [0, 0.1) is 5.92 Å². The van der Waals surface area contributed by atoms with Gasteiger partial charge in [-0.25, -0.2) is 4.79 Å². The third-order valence-electron chi connectivity index (χ3n) is 3.36. The van der Waals surface area contributed by atoms with Crippen molar-refractivity contribution in [1.29, 1.82) is 0 Å². The van der Waals surface area contributed by atoms with E-state index in [1.54, 1.807) is 17.0 Å². The predicted molar refractivity (Wildman–Crippen MR) is 68.0 cm³/mol. The lowest BCUT2D eigenvalue weighted by Crippen LogP contribution is -2.39. The van der Waals surface area contributed by atoms with Gasteiger partial charge in [-0.2, -0.15) is 0 Å². The summed E-state index contributed by atoms with van der Waals surface area (Å²) >= 11 is 0. The zero-order chi connectivity index (χ0) is 14.0. The van der Waals surface area contributed by atoms with E-state index >= 15 is 0 Å². The van der Waals surface area contributed by atoms with Crippen LogP contribution in [-0.2, 0) is 4.79 Å². The summed E-state index contributed by atoms with van der Waals surface area (Å²) in [6.07, 6.45) is 0.801. The molecule has 2 rings (SSSR count). The first-order valence-corrected chi connectivity index (χ1v) is 6.10. The van der Waals surface area contributed by atoms with Gasteiger partial charge in [-0.3, -0.25) is 4.79 Å². The van der Waals surface area contributed by atoms with E-state index in [9.17, 15) is 14.7 Å². The van der Waals surface area contributed by atoms with Crippen molar-refractivity contribution in [3.05, 3.63) is 17.8 Å². The molecule has 0 radical (unpaired) electrons. The second-order valence-electron chi connectivity index (χ2n) is 4.60. The van der Waals surface area contributed by atoms with Crippen molar-refractivity contribution in [3.8, 4) is 0 Å². The van der Waals surface area contributed by atoms with Crippen LogP contribution < -0.4 is 10.2 Å². The number of carbonyl (C=O) groups is 2. The second-order valence-corrected chi connectivity index (χ2v) is 4.60. The van der Waals surface area contributed by atoms with E-state index in [1.807, 2.05) is 6.92 Å². The molecule has 2 atom stereocenters. The molecule has 0 spiro atoms. The molecule has 2 N–H and O–H groups in total. The summed E-state index contributed by atoms with van der Waals surface area (Å²) < 4.78 is 0. The van der Waals surface area contributed by atoms with Crippen molar-refractivity contribution in [2.75, 3.05) is 18.5 Å². The molecule has 0 bridgehead atoms. The molecule has 7 heteroatoms. The van der Waals surface area contributed by atoms with Gasteiger partial charge in [-0.15, -0.1) is 10.2 Å². The normalized spacial score (nSPS) is 22.3. The number of aliphatic carboxylic acids is 1. The van der Waals surface area contributed by atoms with Gasteiger partial charge in [0.15, 0.2) is 11.5 Å². The first-order valence-electron chi connectivity index (χ1n) is 6.10. The van der Waals surface area contributed by atoms with Gasteiger partial charge >= 0.3 is 5.97 Å². The summed E-state index contributed by atoms with van der Waals surface area (Å²) in [5.41, 5.74) is 0.213. The second kappa shape index (κ2) is 5.21. The number of aromatic nitrogens is 2. The first kappa shape index (κ1) is 13.3. The SMILES string of the molecule is CNC(=O)c1ccc(N2CCC(C)C2C(=O)O)nn1. The van der Waals surface area contributed by atoms with Gasteiger partial charge in [0.2, 0.25) is 0 Å². The molecule has 0 aromatic carbocycles. The summed E-state index contributed by atoms with van der Waals surface area (Å²) in [5.74, 6) is -0.617. The number of rotatable bonds is 3. The van der Waals surface area contributed by atoms with Crippen molar-refractivity contribution in [2.24, 2.45) is 5.92 Å². The van der Waals surface area contributed by atoms with Crippen LogP contribution in [0.25, 0.3) is 0 Å². The maximum absolute atomic E-state index is 11.3. The molecule has 1 amide bonds. The molecule has 1 aliphatic rings. The van der Waals surface area contributed by atoms with E-state index < -0.39 is 12.0 Å². The van der Waals surface area contributed by atoms with E-state index in [1.165, 1.54) is 7.05 Å². The van der Waals surface area contributed by atoms with E-state index in [-0.39, 0.29) is 17.5 Å². The molecule has 1 saturated heterocycles. The van der Waals surface area contributed by atoms with Crippen LogP contribution >= 0.6 is 0 Å². The van der Waals surface area contributed by atoms with E-state index in [4.69, 9.17) is 0 Å². The minimum absolute atomic E-state index is 0.0675. The minimum Gasteiger partial charge on any atom is -0.480 e. The molecular weight excluding hydrogens is 248 g/mol. The van der Waals surface area contributed by atoms with Gasteiger partial charge < -0.3 is 15.3 Å². The van der Waals surface area contributed by atoms with Crippen molar-refractivity contribution in [1.82, 2.24) is 15.5 Å². The summed E-state index contributed by atoms with van der Waals surface area (Å²) in [7, 11) is 1.51. The topological polar surface area (TPSA) is 95.4 Å². The Bertz CT molecular complexity index is 488. The van der Waals surface area contributed by atoms with Gasteiger partial charge in [0, 0.05) is 13.6 Å². The average molecular weight is 264 g/mol. The van der Waals surface area contributed by atoms with Gasteiger partial charge in [0.25, 0.3) is 5.91 Å². The Morgan fingerprint density at radius 2 is 2.16 bits per heavy atom. The monoisotopic (exact) mass is 264 g/mol. The zero-order valence-electron chi connectivity index (χ0n) is 10.8. The summed E-state index contributed by atoms with van der Waals surface area (Å²) in [5, 5.41) is 19.5. The highest BCUT2D eigenvalue weighted by Gasteiger charge is 2.37. The predicted octanol–water partition coefficient (Wildman–Crippen LogP) is 0.136. The molecule has 1 fully saturated rings. The van der Waals surface area contributed by atoms with Gasteiger partial charge in [-0.1, -0.05) is 6.92 Å². The molecule has 2 heterocycles. The summed E-state index contributed by atoms with van der Waals surface area (Å²) in [6.45, 7) is 2.54. The largest absolute Gasteiger partial charge is 0.480 e. The van der Waals surface area contributed by atoms with Gasteiger partial charge in [0.1, 0.15) is 6.04 Å². The smallest absolute Gasteiger partial charge is 0.326 e. The van der Waals surface area contributed by atoms with Crippen molar-refractivity contribution < 1.29 is 14.7 Å². The minimum atomic E-state index is -0.859. The third kappa shape index (κ3) is 2.49. The number of carboxylic acids is 1. The van der Waals surface area contributed by atoms with Crippen LogP contribution in [-0.4, -0.2) is 46.8 Å². The van der Waals surface area contributed by atoms with Crippen molar-refractivity contribution in [2.45, 2.75) is 19.4 Å². The van der Waals surface area contributed by atoms with Gasteiger partial charge in [0.05, 0.1) is 0 Å². The Hall–Kier alpha value is -2.18. The van der Waals surface area contributed by atoms with Crippen LogP contribution in [0.3, 0.4) is 0 Å². The number of carboxylic acid groups (broad SMARTS) is 1. The van der Waals surface area contributed by atoms with Crippen LogP contribution in [0.5, 0.6) is 0 Å². The molecule has 1 aromatic rings. The van der Waals surface area contributed by atoms with Crippen molar-refractivity contribution >= 4 is 17.7 Å². The quantitative estimate of drug-likeness (QED) is 0.806. The fraction of sp³-hybridized carbons (Fsp3) is 0.500. The first-order chi connectivity index (χ1) is 9.04. The molecule has 1 aromatic heterocycles. The van der Waals surface area contributed by atoms with Crippen molar-refractivity contribution in [3.63, 3.8) is 0 Å². The Morgan fingerprint density at radius 3 is 2.68 bits per heavy atom. The number of hydrogen-bond donors (Lipinski definition) is 2. The molecule has 1 aliphatic heterocycles. The number of nitrogens with one attached hydrogen (secondary N) is 1. The van der Waals surface area contributed by atoms with E-state index in [2.05, 4.69) is 15.5 Å². The van der Waals surface area contributed by atoms with Crippen LogP contribution in [0.15, 0.2) is 12.1 Å². The highest BCUT2D eigenvalue weighted by atomic mass is 16.4. The molecule has 7 nitrogen and oxygen atoms in total. The zero-order valence-corrected chi connectivity index (χ0v) is 10.8. The maximum Gasteiger partial charge on any atom is 0.326 e. The number of nitrogens with zero attached hydrogens (tertiary/aromatic N) is 3. The number of anilines is 1. The Kier molecular flexibility index (Phi) is 3.64. The number of amides is 1. The fourth-order valence-electron chi connectivity index (χ4n) is 2.31. The lowest BCUT2D eigenvalue weighted by Gasteiger charge is -2.23. The maximum atomic E-state index is 11.3. The molecule has 2 unspecified atom stereocenters. The van der Waals surface area contributed by atoms with Crippen LogP contribution in [0.2, 0.25) is 0 Å². The van der Waals surface area contributed by atoms with Gasteiger partial charge in [-0.05, 0) is 24.5 Å². The summed E-state index contributed by atoms with van der Waals surface area (Å²) in [4.78, 5) is 24.3. The lowest BCUT2D eigenvalue weighted by atomic mass is 10.0. The Labute approximate surface area is 110 Å². The fourth-order valence-corrected chi connectivity index (χ4v) is 2.31. The van der Waals surface area contributed by atoms with Crippen LogP contribution in [0.4, 0.5) is 5.82 Å². The Balaban J connectivity index is 2.22. The average Bonchev–Trinajstić information content (AvgIpc) is 2.80. The highest BCUT2D eigenvalue weighted by Crippen LogP contribution is 2.28. The number of carbonyl (C=O) groups excluding carboxylic acids is 1. The lowest BCUT2D eigenvalue weighted by molar-refractivity contribution is -0.139. The highest BCUT2D eigenvalue weighted by molar-refractivity contribution is 5.92. The third-order valence-corrected chi connectivity index (χ3v) is 3.36. The number of hydrogen-bond acceptors (Lipinski definition) is 5. The van der Waals surface area contributed by atoms with Crippen LogP contribution in [0.1, 0.15) is 23.8 Å². The Morgan fingerprint density at radius 1 is 1.42 bits per heavy atom. The standard InChI is InChI=1S/C12H16N4O3/c1-7-5-6-16(10(7)12(18)19)9-4-3-8(14-15-9)11(17)13-2/h3-4,7,10H,5-6H2,1-2H3,(H,13,17)(H,18,19).